The van der Waals surface area contributed by atoms with E-state index in [0.717, 1.165) is 0 Å². The molecule has 0 spiro atoms. The zero-order chi connectivity index (χ0) is 9.84. The van der Waals surface area contributed by atoms with E-state index in [0.29, 0.717) is 18.7 Å². The van der Waals surface area contributed by atoms with Crippen molar-refractivity contribution in [3.63, 3.8) is 0 Å². The van der Waals surface area contributed by atoms with Crippen LogP contribution in [0.1, 0.15) is 17.7 Å². The largest absolute Gasteiger partial charge is 1.00 e. The number of ether oxygens (including phenoxy) is 1. The number of aromatic nitrogens is 1. The predicted octanol–water partition coefficient (Wildman–Crippen LogP) is 0.837. The highest BCUT2D eigenvalue weighted by atomic mass is 79.9. The second-order valence-electron chi connectivity index (χ2n) is 2.27. The Hall–Kier alpha value is -0.880. The van der Waals surface area contributed by atoms with Crippen molar-refractivity contribution < 1.29 is 15.4 Å². The van der Waals surface area contributed by atoms with Crippen molar-refractivity contribution in [3.8, 4) is 0 Å². The molecule has 1 aromatic rings. The molecule has 5 nitrogen and oxygen atoms in total. The van der Waals surface area contributed by atoms with Crippen molar-refractivity contribution in [1.29, 1.82) is 0 Å². The van der Waals surface area contributed by atoms with Gasteiger partial charge in [0.25, 0.3) is 4.80 Å². The lowest BCUT2D eigenvalue weighted by Gasteiger charge is -1.95. The molecule has 1 aromatic heterocycles. The predicted molar refractivity (Wildman–Crippen MR) is 49.4 cm³/mol. The number of nitrogens with zero attached hydrogens (tertiary/aromatic N) is 1. The fourth-order valence-corrected chi connectivity index (χ4v) is 1.25. The van der Waals surface area contributed by atoms with E-state index >= 15 is 0 Å². The molecule has 13 heavy (non-hydrogen) atoms. The SMILES string of the molecule is COC(=O)c1nc(Br)oc1CCN.[H+]. The molecule has 6 heteroatoms. The van der Waals surface area contributed by atoms with Crippen molar-refractivity contribution in [2.75, 3.05) is 13.7 Å². The van der Waals surface area contributed by atoms with Crippen molar-refractivity contribution >= 4 is 21.9 Å². The molecule has 0 radical (unpaired) electrons. The molecular weight excluding hydrogens is 240 g/mol. The summed E-state index contributed by atoms with van der Waals surface area (Å²) in [5.41, 5.74) is 5.51. The molecule has 0 unspecified atom stereocenters. The number of halogens is 1. The molecule has 0 saturated carbocycles. The first-order valence-electron chi connectivity index (χ1n) is 3.62. The Morgan fingerprint density at radius 1 is 1.85 bits per heavy atom. The van der Waals surface area contributed by atoms with Gasteiger partial charge in [-0.25, -0.2) is 4.79 Å². The summed E-state index contributed by atoms with van der Waals surface area (Å²) in [5.74, 6) is -0.0703. The number of carbonyl (C=O) groups is 1. The standard InChI is InChI=1S/C7H9BrN2O3/c1-12-6(11)5-4(2-3-9)13-7(8)10-5/h2-3,9H2,1H3/p+1. The molecule has 0 saturated heterocycles. The summed E-state index contributed by atoms with van der Waals surface area (Å²) < 4.78 is 9.62. The van der Waals surface area contributed by atoms with Crippen LogP contribution in [0.4, 0.5) is 0 Å². The van der Waals surface area contributed by atoms with Gasteiger partial charge in [0.2, 0.25) is 0 Å². The molecule has 0 bridgehead atoms. The summed E-state index contributed by atoms with van der Waals surface area (Å²) in [6.45, 7) is 0.394. The van der Waals surface area contributed by atoms with E-state index in [1.165, 1.54) is 7.11 Å². The third-order valence-electron chi connectivity index (χ3n) is 1.42. The number of esters is 1. The lowest BCUT2D eigenvalue weighted by Crippen LogP contribution is -2.09. The van der Waals surface area contributed by atoms with Crippen molar-refractivity contribution in [2.24, 2.45) is 5.73 Å². The summed E-state index contributed by atoms with van der Waals surface area (Å²) in [7, 11) is 1.29. The van der Waals surface area contributed by atoms with Crippen LogP contribution in [0.25, 0.3) is 0 Å². The maximum Gasteiger partial charge on any atom is 1.00 e. The van der Waals surface area contributed by atoms with Crippen LogP contribution in [0.2, 0.25) is 0 Å². The van der Waals surface area contributed by atoms with Crippen molar-refractivity contribution in [3.05, 3.63) is 16.3 Å². The zero-order valence-electron chi connectivity index (χ0n) is 8.04. The van der Waals surface area contributed by atoms with Crippen LogP contribution in [0.15, 0.2) is 9.22 Å². The summed E-state index contributed by atoms with van der Waals surface area (Å²) >= 11 is 3.02. The van der Waals surface area contributed by atoms with Crippen LogP contribution in [-0.2, 0) is 11.2 Å². The quantitative estimate of drug-likeness (QED) is 0.804. The number of hydrogen-bond acceptors (Lipinski definition) is 5. The minimum Gasteiger partial charge on any atom is -0.464 e. The fourth-order valence-electron chi connectivity index (χ4n) is 0.880. The van der Waals surface area contributed by atoms with Gasteiger partial charge in [-0.15, -0.1) is 0 Å². The van der Waals surface area contributed by atoms with Gasteiger partial charge < -0.3 is 14.9 Å². The third kappa shape index (κ3) is 2.28. The Labute approximate surface area is 84.9 Å². The van der Waals surface area contributed by atoms with Gasteiger partial charge in [0.05, 0.1) is 7.11 Å². The van der Waals surface area contributed by atoms with Crippen molar-refractivity contribution in [2.45, 2.75) is 6.42 Å². The van der Waals surface area contributed by atoms with E-state index < -0.39 is 5.97 Å². The minimum absolute atomic E-state index is 0. The van der Waals surface area contributed by atoms with E-state index in [4.69, 9.17) is 10.2 Å². The van der Waals surface area contributed by atoms with Crippen LogP contribution in [0, 0.1) is 0 Å². The lowest BCUT2D eigenvalue weighted by atomic mass is 10.2. The number of nitrogens with two attached hydrogens (primary N) is 1. The second kappa shape index (κ2) is 4.38. The zero-order valence-corrected chi connectivity index (χ0v) is 8.63. The molecule has 0 fully saturated rings. The maximum atomic E-state index is 11.1. The van der Waals surface area contributed by atoms with Crippen LogP contribution in [0.3, 0.4) is 0 Å². The van der Waals surface area contributed by atoms with Gasteiger partial charge in [-0.1, -0.05) is 0 Å². The molecule has 0 amide bonds. The smallest absolute Gasteiger partial charge is 0.464 e. The summed E-state index contributed by atoms with van der Waals surface area (Å²) in [6, 6.07) is 0. The van der Waals surface area contributed by atoms with Crippen LogP contribution in [0.5, 0.6) is 0 Å². The normalized spacial score (nSPS) is 10.1. The number of oxazole rings is 1. The Bertz CT molecular complexity index is 316. The molecule has 1 heterocycles. The number of hydrogen-bond donors (Lipinski definition) is 1. The Morgan fingerprint density at radius 3 is 3.08 bits per heavy atom. The maximum absolute atomic E-state index is 11.1. The number of carbonyl (C=O) groups excluding carboxylic acids is 1. The van der Waals surface area contributed by atoms with Gasteiger partial charge in [-0.05, 0) is 6.54 Å². The molecule has 72 valence electrons. The van der Waals surface area contributed by atoms with E-state index in [1.54, 1.807) is 0 Å². The number of methoxy groups -OCH3 is 1. The monoisotopic (exact) mass is 249 g/mol. The number of rotatable bonds is 3. The van der Waals surface area contributed by atoms with Crippen molar-refractivity contribution in [1.82, 2.24) is 4.98 Å². The highest BCUT2D eigenvalue weighted by molar-refractivity contribution is 9.10. The van der Waals surface area contributed by atoms with Gasteiger partial charge in [-0.3, -0.25) is 0 Å². The second-order valence-corrected chi connectivity index (χ2v) is 2.95. The molecule has 0 atom stereocenters. The van der Waals surface area contributed by atoms with Gasteiger partial charge in [0, 0.05) is 22.4 Å². The Morgan fingerprint density at radius 2 is 2.54 bits per heavy atom. The van der Waals surface area contributed by atoms with Crippen LogP contribution >= 0.6 is 15.9 Å². The van der Waals surface area contributed by atoms with E-state index in [1.807, 2.05) is 0 Å². The first-order valence-corrected chi connectivity index (χ1v) is 4.42. The third-order valence-corrected chi connectivity index (χ3v) is 1.76. The molecule has 1 rings (SSSR count). The van der Waals surface area contributed by atoms with Gasteiger partial charge >= 0.3 is 7.40 Å². The molecule has 0 aliphatic carbocycles. The average Bonchev–Trinajstić information content (AvgIpc) is 2.46. The summed E-state index contributed by atoms with van der Waals surface area (Å²) in [6.07, 6.45) is 0.461. The highest BCUT2D eigenvalue weighted by Gasteiger charge is 2.18. The van der Waals surface area contributed by atoms with Gasteiger partial charge in [0.15, 0.2) is 5.69 Å². The van der Waals surface area contributed by atoms with Crippen LogP contribution in [-0.4, -0.2) is 24.6 Å². The molecular formula is C7H10BrN2O3+. The topological polar surface area (TPSA) is 78.3 Å². The molecule has 2 N–H and O–H groups in total. The first-order chi connectivity index (χ1) is 6.19. The molecule has 0 aromatic carbocycles. The van der Waals surface area contributed by atoms with Gasteiger partial charge in [-0.2, -0.15) is 4.98 Å². The van der Waals surface area contributed by atoms with E-state index in [9.17, 15) is 4.79 Å². The minimum atomic E-state index is -0.516. The highest BCUT2D eigenvalue weighted by Crippen LogP contribution is 2.16. The van der Waals surface area contributed by atoms with Crippen LogP contribution < -0.4 is 5.73 Å². The lowest BCUT2D eigenvalue weighted by molar-refractivity contribution is 0.0592. The van der Waals surface area contributed by atoms with E-state index in [-0.39, 0.29) is 11.9 Å². The Balaban J connectivity index is 0.00000169. The van der Waals surface area contributed by atoms with Gasteiger partial charge in [0.1, 0.15) is 5.76 Å². The Kier molecular flexibility index (Phi) is 3.44. The molecule has 0 aliphatic rings. The fraction of sp³-hybridized carbons (Fsp3) is 0.429. The summed E-state index contributed by atoms with van der Waals surface area (Å²) in [4.78, 5) is 15.2. The average molecular weight is 250 g/mol. The van der Waals surface area contributed by atoms with E-state index in [2.05, 4.69) is 25.7 Å². The first kappa shape index (κ1) is 10.2. The summed E-state index contributed by atoms with van der Waals surface area (Å²) in [5, 5.41) is 0. The molecule has 0 aliphatic heterocycles.